The molecule has 4 N–H and O–H groups in total. The molecule has 0 spiro atoms. The van der Waals surface area contributed by atoms with Gasteiger partial charge in [0.25, 0.3) is 0 Å². The number of amides is 1. The highest BCUT2D eigenvalue weighted by Crippen LogP contribution is 2.17. The molecule has 1 heterocycles. The number of aromatic amines is 1. The molecule has 0 bridgehead atoms. The number of nitrogens with zero attached hydrogens (tertiary/aromatic N) is 1. The maximum atomic E-state index is 11.9. The van der Waals surface area contributed by atoms with Crippen LogP contribution >= 0.6 is 0 Å². The Hall–Kier alpha value is -1.94. The summed E-state index contributed by atoms with van der Waals surface area (Å²) in [5, 5.41) is 16.9. The van der Waals surface area contributed by atoms with Crippen LogP contribution in [0.1, 0.15) is 22.6 Å². The van der Waals surface area contributed by atoms with E-state index in [1.165, 1.54) is 14.0 Å². The first kappa shape index (κ1) is 15.1. The van der Waals surface area contributed by atoms with Crippen molar-refractivity contribution in [2.45, 2.75) is 18.2 Å². The number of hydrogen-bond acceptors (Lipinski definition) is 5. The number of aromatic carboxylic acids is 1. The number of aryl methyl sites for hydroxylation is 1. The van der Waals surface area contributed by atoms with E-state index < -0.39 is 26.6 Å². The number of rotatable bonds is 6. The SMILES string of the molecule is CNC(=O)CCNS(=O)(=O)c1c(C(=O)O)n[nH]c1C. The molecule has 0 aliphatic carbocycles. The zero-order valence-corrected chi connectivity index (χ0v) is 11.2. The van der Waals surface area contributed by atoms with Crippen LogP contribution in [0, 0.1) is 6.92 Å². The first-order valence-electron chi connectivity index (χ1n) is 5.28. The summed E-state index contributed by atoms with van der Waals surface area (Å²) in [5.41, 5.74) is -0.463. The van der Waals surface area contributed by atoms with Crippen molar-refractivity contribution >= 4 is 21.9 Å². The number of carbonyl (C=O) groups excluding carboxylic acids is 1. The monoisotopic (exact) mass is 290 g/mol. The summed E-state index contributed by atoms with van der Waals surface area (Å²) in [5.74, 6) is -1.78. The second-order valence-corrected chi connectivity index (χ2v) is 5.36. The zero-order valence-electron chi connectivity index (χ0n) is 10.3. The molecule has 1 aromatic rings. The van der Waals surface area contributed by atoms with E-state index in [1.807, 2.05) is 0 Å². The summed E-state index contributed by atoms with van der Waals surface area (Å²) < 4.78 is 26.0. The van der Waals surface area contributed by atoms with Crippen LogP contribution in [0.5, 0.6) is 0 Å². The van der Waals surface area contributed by atoms with Gasteiger partial charge >= 0.3 is 5.97 Å². The molecule has 1 aromatic heterocycles. The lowest BCUT2D eigenvalue weighted by Gasteiger charge is -2.06. The van der Waals surface area contributed by atoms with Crippen molar-refractivity contribution in [3.05, 3.63) is 11.4 Å². The number of hydrogen-bond donors (Lipinski definition) is 4. The molecule has 0 aliphatic heterocycles. The Balaban J connectivity index is 2.92. The van der Waals surface area contributed by atoms with Gasteiger partial charge < -0.3 is 10.4 Å². The van der Waals surface area contributed by atoms with Gasteiger partial charge in [-0.2, -0.15) is 5.10 Å². The number of H-pyrrole nitrogens is 1. The number of sulfonamides is 1. The molecule has 10 heteroatoms. The summed E-state index contributed by atoms with van der Waals surface area (Å²) in [6.07, 6.45) is -0.0466. The van der Waals surface area contributed by atoms with Gasteiger partial charge in [0, 0.05) is 20.0 Å². The normalized spacial score (nSPS) is 11.3. The molecule has 0 aromatic carbocycles. The fourth-order valence-electron chi connectivity index (χ4n) is 1.39. The minimum Gasteiger partial charge on any atom is -0.476 e. The Bertz CT molecular complexity index is 592. The summed E-state index contributed by atoms with van der Waals surface area (Å²) >= 11 is 0. The standard InChI is InChI=1S/C9H14N4O5S/c1-5-8(7(9(15)16)13-12-5)19(17,18)11-4-3-6(14)10-2/h11H,3-4H2,1-2H3,(H,10,14)(H,12,13)(H,15,16). The molecule has 0 radical (unpaired) electrons. The molecule has 0 fully saturated rings. The van der Waals surface area contributed by atoms with Crippen LogP contribution in [0.25, 0.3) is 0 Å². The number of nitrogens with one attached hydrogen (secondary N) is 3. The van der Waals surface area contributed by atoms with E-state index in [-0.39, 0.29) is 24.6 Å². The second-order valence-electron chi connectivity index (χ2n) is 3.65. The maximum absolute atomic E-state index is 11.9. The first-order valence-corrected chi connectivity index (χ1v) is 6.76. The fourth-order valence-corrected chi connectivity index (χ4v) is 2.74. The van der Waals surface area contributed by atoms with Crippen LogP contribution in [0.3, 0.4) is 0 Å². The number of aromatic nitrogens is 2. The third kappa shape index (κ3) is 3.51. The van der Waals surface area contributed by atoms with Crippen molar-refractivity contribution in [1.29, 1.82) is 0 Å². The van der Waals surface area contributed by atoms with Crippen molar-refractivity contribution in [3.8, 4) is 0 Å². The molecule has 0 unspecified atom stereocenters. The van der Waals surface area contributed by atoms with Crippen molar-refractivity contribution in [1.82, 2.24) is 20.2 Å². The molecule has 0 atom stereocenters. The van der Waals surface area contributed by atoms with Gasteiger partial charge in [-0.05, 0) is 6.92 Å². The van der Waals surface area contributed by atoms with Crippen molar-refractivity contribution < 1.29 is 23.1 Å². The Morgan fingerprint density at radius 3 is 2.58 bits per heavy atom. The van der Waals surface area contributed by atoms with E-state index in [0.717, 1.165) is 0 Å². The molecule has 0 saturated heterocycles. The van der Waals surface area contributed by atoms with E-state index in [1.54, 1.807) is 0 Å². The van der Waals surface area contributed by atoms with Gasteiger partial charge in [0.15, 0.2) is 5.69 Å². The van der Waals surface area contributed by atoms with Crippen LogP contribution in [-0.2, 0) is 14.8 Å². The minimum atomic E-state index is -4.03. The van der Waals surface area contributed by atoms with Gasteiger partial charge in [-0.25, -0.2) is 17.9 Å². The Morgan fingerprint density at radius 2 is 2.05 bits per heavy atom. The van der Waals surface area contributed by atoms with Crippen LogP contribution in [0.2, 0.25) is 0 Å². The molecule has 106 valence electrons. The number of carbonyl (C=O) groups is 2. The van der Waals surface area contributed by atoms with Crippen molar-refractivity contribution in [3.63, 3.8) is 0 Å². The Morgan fingerprint density at radius 1 is 1.42 bits per heavy atom. The Kier molecular flexibility index (Phi) is 4.62. The van der Waals surface area contributed by atoms with Crippen LogP contribution in [0.4, 0.5) is 0 Å². The van der Waals surface area contributed by atoms with Gasteiger partial charge in [0.05, 0.1) is 5.69 Å². The molecule has 9 nitrogen and oxygen atoms in total. The van der Waals surface area contributed by atoms with Gasteiger partial charge in [0.1, 0.15) is 4.90 Å². The molecule has 1 rings (SSSR count). The van der Waals surface area contributed by atoms with E-state index in [4.69, 9.17) is 5.11 Å². The molecule has 0 saturated carbocycles. The van der Waals surface area contributed by atoms with Crippen molar-refractivity contribution in [2.75, 3.05) is 13.6 Å². The largest absolute Gasteiger partial charge is 0.476 e. The third-order valence-corrected chi connectivity index (χ3v) is 3.91. The Labute approximate surface area is 109 Å². The van der Waals surface area contributed by atoms with E-state index in [2.05, 4.69) is 20.2 Å². The zero-order chi connectivity index (χ0) is 14.6. The minimum absolute atomic E-state index is 0.0466. The lowest BCUT2D eigenvalue weighted by atomic mass is 10.4. The topological polar surface area (TPSA) is 141 Å². The average Bonchev–Trinajstić information content (AvgIpc) is 2.71. The van der Waals surface area contributed by atoms with Gasteiger partial charge in [-0.15, -0.1) is 0 Å². The van der Waals surface area contributed by atoms with Gasteiger partial charge in [-0.3, -0.25) is 9.89 Å². The van der Waals surface area contributed by atoms with Crippen molar-refractivity contribution in [2.24, 2.45) is 0 Å². The number of carboxylic acid groups (broad SMARTS) is 1. The predicted molar refractivity (Wildman–Crippen MR) is 64.2 cm³/mol. The van der Waals surface area contributed by atoms with E-state index in [0.29, 0.717) is 0 Å². The quantitative estimate of drug-likeness (QED) is 0.520. The van der Waals surface area contributed by atoms with Crippen LogP contribution < -0.4 is 10.0 Å². The summed E-state index contributed by atoms with van der Waals surface area (Å²) in [4.78, 5) is 21.4. The first-order chi connectivity index (χ1) is 8.79. The molecule has 19 heavy (non-hydrogen) atoms. The highest BCUT2D eigenvalue weighted by Gasteiger charge is 2.27. The molecular formula is C9H14N4O5S. The highest BCUT2D eigenvalue weighted by atomic mass is 32.2. The van der Waals surface area contributed by atoms with E-state index >= 15 is 0 Å². The van der Waals surface area contributed by atoms with Crippen LogP contribution in [0.15, 0.2) is 4.90 Å². The predicted octanol–water partition coefficient (Wildman–Crippen LogP) is -1.17. The molecule has 0 aliphatic rings. The molecule has 1 amide bonds. The van der Waals surface area contributed by atoms with Crippen LogP contribution in [-0.4, -0.2) is 49.2 Å². The summed E-state index contributed by atoms with van der Waals surface area (Å²) in [7, 11) is -2.60. The third-order valence-electron chi connectivity index (χ3n) is 2.29. The second kappa shape index (κ2) is 5.80. The smallest absolute Gasteiger partial charge is 0.357 e. The number of carboxylic acids is 1. The lowest BCUT2D eigenvalue weighted by Crippen LogP contribution is -2.30. The molecular weight excluding hydrogens is 276 g/mol. The highest BCUT2D eigenvalue weighted by molar-refractivity contribution is 7.89. The maximum Gasteiger partial charge on any atom is 0.357 e. The summed E-state index contributed by atoms with van der Waals surface area (Å²) in [6.45, 7) is 1.26. The van der Waals surface area contributed by atoms with Gasteiger partial charge in [-0.1, -0.05) is 0 Å². The average molecular weight is 290 g/mol. The fraction of sp³-hybridized carbons (Fsp3) is 0.444. The van der Waals surface area contributed by atoms with E-state index in [9.17, 15) is 18.0 Å². The lowest BCUT2D eigenvalue weighted by molar-refractivity contribution is -0.120. The summed E-state index contributed by atoms with van der Waals surface area (Å²) in [6, 6.07) is 0. The van der Waals surface area contributed by atoms with Gasteiger partial charge in [0.2, 0.25) is 15.9 Å².